The fourth-order valence-corrected chi connectivity index (χ4v) is 2.97. The van der Waals surface area contributed by atoms with Gasteiger partial charge in [0.15, 0.2) is 5.78 Å². The summed E-state index contributed by atoms with van der Waals surface area (Å²) in [6.45, 7) is 0.736. The predicted molar refractivity (Wildman–Crippen MR) is 91.6 cm³/mol. The Morgan fingerprint density at radius 3 is 2.40 bits per heavy atom. The number of benzene rings is 1. The van der Waals surface area contributed by atoms with Crippen LogP contribution in [0.4, 0.5) is 17.2 Å². The molecule has 25 heavy (non-hydrogen) atoms. The molecule has 3 aromatic rings. The number of quaternary nitrogens is 2. The minimum absolute atomic E-state index is 0. The summed E-state index contributed by atoms with van der Waals surface area (Å²) in [6.07, 6.45) is 2.39. The minimum atomic E-state index is 0. The lowest BCUT2D eigenvalue weighted by molar-refractivity contribution is -0.570. The molecule has 2 heterocycles. The van der Waals surface area contributed by atoms with Gasteiger partial charge in [-0.2, -0.15) is 4.98 Å². The molecule has 132 valence electrons. The number of ketones is 1. The smallest absolute Gasteiger partial charge is 0.229 e. The topological polar surface area (TPSA) is 63.2 Å². The molecule has 7 heteroatoms. The molecule has 4 nitrogen and oxygen atoms in total. The number of aromatic nitrogens is 1. The largest absolute Gasteiger partial charge is 1.00 e. The standard InChI is InChI=1S/C18H17N3OS.2ClH/c22-16(17-7-4-12-23-17)10-11-19-15-8-9-18(20-13-15)21-14-5-2-1-3-6-14;;/h1-9,12-13,19H,10-11H2,(H,20,21);2*1H. The molecule has 0 aliphatic heterocycles. The van der Waals surface area contributed by atoms with Gasteiger partial charge in [-0.05, 0) is 23.6 Å². The van der Waals surface area contributed by atoms with Gasteiger partial charge in [0, 0.05) is 12.1 Å². The third-order valence-corrected chi connectivity index (χ3v) is 4.38. The average molecular weight is 396 g/mol. The van der Waals surface area contributed by atoms with Gasteiger partial charge >= 0.3 is 0 Å². The number of rotatable bonds is 7. The highest BCUT2D eigenvalue weighted by Gasteiger charge is 2.08. The second-order valence-corrected chi connectivity index (χ2v) is 6.16. The van der Waals surface area contributed by atoms with Crippen LogP contribution < -0.4 is 35.4 Å². The highest BCUT2D eigenvalue weighted by molar-refractivity contribution is 7.12. The fraction of sp³-hybridized carbons (Fsp3) is 0.111. The molecule has 4 N–H and O–H groups in total. The minimum Gasteiger partial charge on any atom is -1.00 e. The molecule has 0 bridgehead atoms. The van der Waals surface area contributed by atoms with Crippen LogP contribution in [0, 0.1) is 0 Å². The zero-order valence-electron chi connectivity index (χ0n) is 13.4. The second-order valence-electron chi connectivity index (χ2n) is 5.21. The van der Waals surface area contributed by atoms with Crippen molar-refractivity contribution in [3.63, 3.8) is 0 Å². The molecule has 0 atom stereocenters. The Hall–Kier alpha value is -1.76. The van der Waals surface area contributed by atoms with Crippen molar-refractivity contribution < 1.29 is 40.2 Å². The van der Waals surface area contributed by atoms with E-state index in [4.69, 9.17) is 0 Å². The van der Waals surface area contributed by atoms with Crippen LogP contribution in [0.5, 0.6) is 0 Å². The van der Waals surface area contributed by atoms with E-state index in [9.17, 15) is 4.79 Å². The normalized spacial score (nSPS) is 9.76. The number of carbonyl (C=O) groups excluding carboxylic acids is 1. The Labute approximate surface area is 163 Å². The van der Waals surface area contributed by atoms with E-state index < -0.39 is 0 Å². The van der Waals surface area contributed by atoms with Crippen LogP contribution in [0.1, 0.15) is 16.1 Å². The number of carbonyl (C=O) groups is 1. The molecule has 0 saturated carbocycles. The quantitative estimate of drug-likeness (QED) is 0.317. The number of nitrogens with zero attached hydrogens (tertiary/aromatic N) is 1. The first kappa shape index (κ1) is 21.3. The summed E-state index contributed by atoms with van der Waals surface area (Å²) in [5, 5.41) is 6.04. The lowest BCUT2D eigenvalue weighted by atomic mass is 10.2. The van der Waals surface area contributed by atoms with Crippen molar-refractivity contribution in [2.24, 2.45) is 0 Å². The summed E-state index contributed by atoms with van der Waals surface area (Å²) in [7, 11) is 0. The van der Waals surface area contributed by atoms with Gasteiger partial charge in [0.25, 0.3) is 0 Å². The molecule has 0 fully saturated rings. The first-order valence-corrected chi connectivity index (χ1v) is 8.45. The van der Waals surface area contributed by atoms with E-state index in [0.717, 1.165) is 28.6 Å². The van der Waals surface area contributed by atoms with E-state index in [1.54, 1.807) is 0 Å². The molecule has 2 aromatic heterocycles. The fourth-order valence-electron chi connectivity index (χ4n) is 2.27. The monoisotopic (exact) mass is 395 g/mol. The Balaban J connectivity index is 0.00000156. The second kappa shape index (κ2) is 11.0. The molecule has 0 unspecified atom stereocenters. The van der Waals surface area contributed by atoms with Crippen LogP contribution in [0.3, 0.4) is 0 Å². The summed E-state index contributed by atoms with van der Waals surface area (Å²) in [6, 6.07) is 18.0. The molecule has 1 aromatic carbocycles. The first-order chi connectivity index (χ1) is 11.3. The number of thiophene rings is 1. The zero-order valence-corrected chi connectivity index (χ0v) is 15.8. The molecular weight excluding hydrogens is 377 g/mol. The van der Waals surface area contributed by atoms with Crippen LogP contribution in [-0.2, 0) is 0 Å². The summed E-state index contributed by atoms with van der Waals surface area (Å²) in [5.41, 5.74) is 2.19. The highest BCUT2D eigenvalue weighted by Crippen LogP contribution is 2.10. The van der Waals surface area contributed by atoms with Crippen molar-refractivity contribution in [3.05, 3.63) is 71.1 Å². The van der Waals surface area contributed by atoms with Gasteiger partial charge in [-0.25, -0.2) is 0 Å². The summed E-state index contributed by atoms with van der Waals surface area (Å²) < 4.78 is 0. The van der Waals surface area contributed by atoms with Crippen molar-refractivity contribution in [2.75, 3.05) is 6.54 Å². The Kier molecular flexibility index (Phi) is 9.34. The number of pyridine rings is 1. The van der Waals surface area contributed by atoms with Crippen molar-refractivity contribution in [1.29, 1.82) is 0 Å². The van der Waals surface area contributed by atoms with Gasteiger partial charge in [-0.1, -0.05) is 24.3 Å². The van der Waals surface area contributed by atoms with Gasteiger partial charge in [-0.15, -0.1) is 11.3 Å². The number of para-hydroxylation sites is 1. The summed E-state index contributed by atoms with van der Waals surface area (Å²) >= 11 is 1.50. The molecule has 0 radical (unpaired) electrons. The molecule has 0 spiro atoms. The number of halogens is 2. The van der Waals surface area contributed by atoms with E-state index in [-0.39, 0.29) is 30.6 Å². The number of Topliss-reactive ketones (excluding diaryl/α,β-unsaturated/α-hetero) is 1. The third kappa shape index (κ3) is 6.57. The van der Waals surface area contributed by atoms with Crippen molar-refractivity contribution in [3.8, 4) is 0 Å². The van der Waals surface area contributed by atoms with Crippen LogP contribution in [0.25, 0.3) is 0 Å². The lowest BCUT2D eigenvalue weighted by Gasteiger charge is -2.01. The van der Waals surface area contributed by atoms with Crippen molar-refractivity contribution >= 4 is 34.3 Å². The molecule has 0 aliphatic rings. The molecular formula is C18H19Cl2N3OS. The number of hydrogen-bond donors (Lipinski definition) is 2. The van der Waals surface area contributed by atoms with Crippen LogP contribution in [0.2, 0.25) is 0 Å². The average Bonchev–Trinajstić information content (AvgIpc) is 3.12. The van der Waals surface area contributed by atoms with E-state index in [1.165, 1.54) is 11.3 Å². The van der Waals surface area contributed by atoms with Gasteiger partial charge in [-0.3, -0.25) is 10.1 Å². The highest BCUT2D eigenvalue weighted by atomic mass is 35.5. The Morgan fingerprint density at radius 1 is 0.960 bits per heavy atom. The van der Waals surface area contributed by atoms with Crippen LogP contribution >= 0.6 is 11.3 Å². The zero-order chi connectivity index (χ0) is 15.9. The maximum Gasteiger partial charge on any atom is 0.229 e. The Morgan fingerprint density at radius 2 is 1.76 bits per heavy atom. The van der Waals surface area contributed by atoms with Gasteiger partial charge in [0.05, 0.1) is 24.0 Å². The predicted octanol–water partition coefficient (Wildman–Crippen LogP) is -3.85. The van der Waals surface area contributed by atoms with E-state index in [1.807, 2.05) is 59.4 Å². The molecule has 0 amide bonds. The van der Waals surface area contributed by atoms with Crippen molar-refractivity contribution in [2.45, 2.75) is 6.42 Å². The third-order valence-electron chi connectivity index (χ3n) is 3.47. The SMILES string of the molecule is O=C(CC[NH2+]c1ccc([NH2+]c2ccccc2)nc1)c1cccs1.[Cl-].[Cl-]. The number of hydrogen-bond acceptors (Lipinski definition) is 3. The maximum absolute atomic E-state index is 11.9. The van der Waals surface area contributed by atoms with Gasteiger partial charge < -0.3 is 30.1 Å². The lowest BCUT2D eigenvalue weighted by Crippen LogP contribution is -3.00. The van der Waals surface area contributed by atoms with Gasteiger partial charge in [0.2, 0.25) is 5.82 Å². The molecule has 0 aliphatic carbocycles. The first-order valence-electron chi connectivity index (χ1n) is 7.57. The van der Waals surface area contributed by atoms with E-state index in [2.05, 4.69) is 22.4 Å². The van der Waals surface area contributed by atoms with Gasteiger partial charge in [0.1, 0.15) is 11.4 Å². The van der Waals surface area contributed by atoms with E-state index >= 15 is 0 Å². The molecule has 3 rings (SSSR count). The maximum atomic E-state index is 11.9. The summed E-state index contributed by atoms with van der Waals surface area (Å²) in [4.78, 5) is 17.2. The summed E-state index contributed by atoms with van der Waals surface area (Å²) in [5.74, 6) is 1.14. The van der Waals surface area contributed by atoms with Crippen LogP contribution in [0.15, 0.2) is 66.2 Å². The number of nitrogens with two attached hydrogens (primary N) is 2. The van der Waals surface area contributed by atoms with Crippen LogP contribution in [-0.4, -0.2) is 17.3 Å². The van der Waals surface area contributed by atoms with E-state index in [0.29, 0.717) is 6.42 Å². The Bertz CT molecular complexity index is 750. The van der Waals surface area contributed by atoms with Crippen molar-refractivity contribution in [1.82, 2.24) is 4.98 Å². The molecule has 0 saturated heterocycles.